The fourth-order valence-electron chi connectivity index (χ4n) is 5.56. The Labute approximate surface area is 206 Å². The molecule has 1 saturated carbocycles. The zero-order valence-corrected chi connectivity index (χ0v) is 20.0. The second-order valence-corrected chi connectivity index (χ2v) is 9.53. The molecule has 3 unspecified atom stereocenters. The second kappa shape index (κ2) is 10.1. The molecule has 1 amide bonds. The Morgan fingerprint density at radius 1 is 1.03 bits per heavy atom. The lowest BCUT2D eigenvalue weighted by Gasteiger charge is -2.36. The van der Waals surface area contributed by atoms with E-state index in [0.29, 0.717) is 17.6 Å². The van der Waals surface area contributed by atoms with Crippen molar-refractivity contribution < 1.29 is 19.1 Å². The van der Waals surface area contributed by atoms with E-state index < -0.39 is 17.7 Å². The maximum atomic E-state index is 13.5. The van der Waals surface area contributed by atoms with E-state index in [-0.39, 0.29) is 18.0 Å². The van der Waals surface area contributed by atoms with Crippen LogP contribution >= 0.6 is 0 Å². The van der Waals surface area contributed by atoms with Crippen molar-refractivity contribution in [3.05, 3.63) is 89.5 Å². The molecule has 2 aromatic rings. The molecular weight excluding hydrogens is 440 g/mol. The highest BCUT2D eigenvalue weighted by molar-refractivity contribution is 6.07. The number of hydrogen-bond donors (Lipinski definition) is 2. The Bertz CT molecular complexity index is 1080. The first-order valence-corrected chi connectivity index (χ1v) is 12.5. The quantitative estimate of drug-likeness (QED) is 0.442. The van der Waals surface area contributed by atoms with Gasteiger partial charge in [-0.05, 0) is 43.0 Å². The van der Waals surface area contributed by atoms with Crippen molar-refractivity contribution >= 4 is 17.6 Å². The van der Waals surface area contributed by atoms with Crippen LogP contribution in [-0.2, 0) is 25.5 Å². The third kappa shape index (κ3) is 4.63. The van der Waals surface area contributed by atoms with E-state index >= 15 is 0 Å². The highest BCUT2D eigenvalue weighted by Crippen LogP contribution is 2.47. The second-order valence-electron chi connectivity index (χ2n) is 9.53. The predicted octanol–water partition coefficient (Wildman–Crippen LogP) is 4.34. The van der Waals surface area contributed by atoms with Crippen LogP contribution in [0.5, 0.6) is 0 Å². The zero-order valence-electron chi connectivity index (χ0n) is 20.0. The van der Waals surface area contributed by atoms with Crippen molar-refractivity contribution in [2.45, 2.75) is 62.3 Å². The summed E-state index contributed by atoms with van der Waals surface area (Å²) in [6.07, 6.45) is 9.17. The number of anilines is 1. The molecule has 0 radical (unpaired) electrons. The average molecular weight is 473 g/mol. The Balaban J connectivity index is 1.53. The van der Waals surface area contributed by atoms with Crippen molar-refractivity contribution in [2.75, 3.05) is 12.4 Å². The Kier molecular flexibility index (Phi) is 6.73. The van der Waals surface area contributed by atoms with E-state index in [9.17, 15) is 9.59 Å². The molecule has 182 valence electrons. The number of benzene rings is 2. The van der Waals surface area contributed by atoms with Crippen LogP contribution in [0.2, 0.25) is 0 Å². The van der Waals surface area contributed by atoms with Gasteiger partial charge in [-0.3, -0.25) is 4.79 Å². The van der Waals surface area contributed by atoms with Crippen LogP contribution in [0.15, 0.2) is 84.0 Å². The van der Waals surface area contributed by atoms with E-state index in [1.54, 1.807) is 0 Å². The van der Waals surface area contributed by atoms with Crippen molar-refractivity contribution in [1.82, 2.24) is 5.32 Å². The maximum Gasteiger partial charge on any atom is 0.337 e. The SMILES string of the molecule is COC(=O)C1=C(C(=O)NC2CCCCC2)C2C=CC1(C(Cc1ccccc1)Nc1ccccc1)O2. The molecule has 2 N–H and O–H groups in total. The molecule has 2 bridgehead atoms. The van der Waals surface area contributed by atoms with Crippen LogP contribution in [-0.4, -0.2) is 42.8 Å². The third-order valence-corrected chi connectivity index (χ3v) is 7.27. The normalized spacial score (nSPS) is 24.3. The largest absolute Gasteiger partial charge is 0.466 e. The summed E-state index contributed by atoms with van der Waals surface area (Å²) >= 11 is 0. The number of ether oxygens (including phenoxy) is 2. The van der Waals surface area contributed by atoms with Gasteiger partial charge < -0.3 is 20.1 Å². The average Bonchev–Trinajstić information content (AvgIpc) is 3.48. The zero-order chi connectivity index (χ0) is 24.3. The smallest absolute Gasteiger partial charge is 0.337 e. The summed E-state index contributed by atoms with van der Waals surface area (Å²) in [4.78, 5) is 26.7. The molecule has 2 aromatic carbocycles. The Morgan fingerprint density at radius 3 is 2.40 bits per heavy atom. The lowest BCUT2D eigenvalue weighted by molar-refractivity contribution is -0.138. The topological polar surface area (TPSA) is 76.7 Å². The van der Waals surface area contributed by atoms with Crippen LogP contribution in [0.25, 0.3) is 0 Å². The first-order chi connectivity index (χ1) is 17.1. The molecule has 0 spiro atoms. The van der Waals surface area contributed by atoms with E-state index in [1.165, 1.54) is 13.5 Å². The summed E-state index contributed by atoms with van der Waals surface area (Å²) in [7, 11) is 1.35. The van der Waals surface area contributed by atoms with Gasteiger partial charge in [-0.25, -0.2) is 4.79 Å². The van der Waals surface area contributed by atoms with Gasteiger partial charge in [0.2, 0.25) is 0 Å². The van der Waals surface area contributed by atoms with Gasteiger partial charge in [-0.1, -0.05) is 73.9 Å². The van der Waals surface area contributed by atoms with E-state index in [4.69, 9.17) is 9.47 Å². The summed E-state index contributed by atoms with van der Waals surface area (Å²) in [5.41, 5.74) is 1.55. The molecule has 0 saturated heterocycles. The molecule has 6 heteroatoms. The van der Waals surface area contributed by atoms with Gasteiger partial charge in [0, 0.05) is 11.7 Å². The lowest BCUT2D eigenvalue weighted by atomic mass is 9.78. The Morgan fingerprint density at radius 2 is 1.71 bits per heavy atom. The predicted molar refractivity (Wildman–Crippen MR) is 135 cm³/mol. The molecule has 3 atom stereocenters. The molecule has 6 nitrogen and oxygen atoms in total. The first kappa shape index (κ1) is 23.4. The molecule has 2 heterocycles. The van der Waals surface area contributed by atoms with Crippen LogP contribution in [0.3, 0.4) is 0 Å². The molecule has 0 aromatic heterocycles. The number of carbonyl (C=O) groups is 2. The number of amides is 1. The number of hydrogen-bond acceptors (Lipinski definition) is 5. The summed E-state index contributed by atoms with van der Waals surface area (Å²) in [6.45, 7) is 0. The van der Waals surface area contributed by atoms with Gasteiger partial charge in [0.1, 0.15) is 11.7 Å². The maximum absolute atomic E-state index is 13.5. The summed E-state index contributed by atoms with van der Waals surface area (Å²) in [5.74, 6) is -0.759. The van der Waals surface area contributed by atoms with E-state index in [1.807, 2.05) is 60.7 Å². The van der Waals surface area contributed by atoms with Crippen molar-refractivity contribution in [3.63, 3.8) is 0 Å². The van der Waals surface area contributed by atoms with Gasteiger partial charge in [-0.2, -0.15) is 0 Å². The third-order valence-electron chi connectivity index (χ3n) is 7.27. The number of nitrogens with one attached hydrogen (secondary N) is 2. The van der Waals surface area contributed by atoms with Crippen molar-refractivity contribution in [2.24, 2.45) is 0 Å². The lowest BCUT2D eigenvalue weighted by Crippen LogP contribution is -2.49. The summed E-state index contributed by atoms with van der Waals surface area (Å²) in [5, 5.41) is 6.76. The molecule has 5 rings (SSSR count). The van der Waals surface area contributed by atoms with Crippen LogP contribution in [0.4, 0.5) is 5.69 Å². The minimum Gasteiger partial charge on any atom is -0.466 e. The van der Waals surface area contributed by atoms with Gasteiger partial charge >= 0.3 is 5.97 Å². The van der Waals surface area contributed by atoms with Gasteiger partial charge in [0.15, 0.2) is 0 Å². The molecule has 1 aliphatic carbocycles. The number of carbonyl (C=O) groups excluding carboxylic acids is 2. The monoisotopic (exact) mass is 472 g/mol. The number of methoxy groups -OCH3 is 1. The van der Waals surface area contributed by atoms with Crippen molar-refractivity contribution in [1.29, 1.82) is 0 Å². The first-order valence-electron chi connectivity index (χ1n) is 12.5. The number of para-hydroxylation sites is 1. The minimum atomic E-state index is -1.12. The van der Waals surface area contributed by atoms with Crippen LogP contribution in [0, 0.1) is 0 Å². The number of esters is 1. The Hall–Kier alpha value is -3.38. The highest BCUT2D eigenvalue weighted by Gasteiger charge is 2.58. The van der Waals surface area contributed by atoms with Gasteiger partial charge in [0.25, 0.3) is 5.91 Å². The fourth-order valence-corrected chi connectivity index (χ4v) is 5.56. The minimum absolute atomic E-state index is 0.129. The van der Waals surface area contributed by atoms with Gasteiger partial charge in [-0.15, -0.1) is 0 Å². The number of rotatable bonds is 8. The van der Waals surface area contributed by atoms with Crippen LogP contribution < -0.4 is 10.6 Å². The molecule has 2 aliphatic heterocycles. The standard InChI is InChI=1S/C29H32N2O4/c1-34-28(33)26-25(27(32)31-22-15-9-4-10-16-22)23-17-18-29(26,35-23)24(19-20-11-5-2-6-12-20)30-21-13-7-3-8-14-21/h2-3,5-8,11-14,17-18,22-24,30H,4,9-10,15-16,19H2,1H3,(H,31,32). The summed E-state index contributed by atoms with van der Waals surface area (Å²) in [6, 6.07) is 19.7. The molecule has 1 fully saturated rings. The molecule has 3 aliphatic rings. The van der Waals surface area contributed by atoms with Gasteiger partial charge in [0.05, 0.1) is 24.3 Å². The number of fused-ring (bicyclic) bond motifs is 2. The molecule has 35 heavy (non-hydrogen) atoms. The fraction of sp³-hybridized carbons (Fsp3) is 0.379. The highest BCUT2D eigenvalue weighted by atomic mass is 16.5. The molecular formula is C29H32N2O4. The van der Waals surface area contributed by atoms with E-state index in [2.05, 4.69) is 22.8 Å². The summed E-state index contributed by atoms with van der Waals surface area (Å²) < 4.78 is 11.7. The van der Waals surface area contributed by atoms with Crippen molar-refractivity contribution in [3.8, 4) is 0 Å². The van der Waals surface area contributed by atoms with E-state index in [0.717, 1.165) is 36.9 Å². The van der Waals surface area contributed by atoms with Crippen LogP contribution in [0.1, 0.15) is 37.7 Å².